The first-order valence-corrected chi connectivity index (χ1v) is 6.20. The zero-order chi connectivity index (χ0) is 11.4. The lowest BCUT2D eigenvalue weighted by Gasteiger charge is -2.34. The third kappa shape index (κ3) is 2.55. The molecule has 0 aromatic heterocycles. The Bertz CT molecular complexity index is 399. The van der Waals surface area contributed by atoms with E-state index < -0.39 is 0 Å². The van der Waals surface area contributed by atoms with Gasteiger partial charge in [0.25, 0.3) is 0 Å². The van der Waals surface area contributed by atoms with Crippen LogP contribution in [0.3, 0.4) is 0 Å². The van der Waals surface area contributed by atoms with Gasteiger partial charge in [-0.3, -0.25) is 0 Å². The van der Waals surface area contributed by atoms with Gasteiger partial charge >= 0.3 is 0 Å². The monoisotopic (exact) mass is 279 g/mol. The predicted octanol–water partition coefficient (Wildman–Crippen LogP) is 2.14. The molecule has 0 bridgehead atoms. The first-order valence-electron chi connectivity index (χ1n) is 5.41. The number of hydrogen-bond donors (Lipinski definition) is 1. The standard InChI is InChI=1S/C12H14BrN3/c13-11-3-1-2-4-12(11)16-8-7-15-10(9-16)5-6-14/h1-4,10,15H,5,7-9H2. The van der Waals surface area contributed by atoms with Crippen LogP contribution in [0.15, 0.2) is 28.7 Å². The highest BCUT2D eigenvalue weighted by molar-refractivity contribution is 9.10. The van der Waals surface area contributed by atoms with Crippen molar-refractivity contribution in [2.45, 2.75) is 12.5 Å². The van der Waals surface area contributed by atoms with Crippen molar-refractivity contribution in [3.8, 4) is 6.07 Å². The number of benzene rings is 1. The molecule has 1 aromatic carbocycles. The third-order valence-corrected chi connectivity index (χ3v) is 3.46. The summed E-state index contributed by atoms with van der Waals surface area (Å²) in [6.45, 7) is 2.83. The summed E-state index contributed by atoms with van der Waals surface area (Å²) in [5.41, 5.74) is 1.21. The van der Waals surface area contributed by atoms with E-state index in [0.717, 1.165) is 24.1 Å². The molecule has 4 heteroatoms. The second-order valence-corrected chi connectivity index (χ2v) is 4.77. The van der Waals surface area contributed by atoms with Gasteiger partial charge in [0.05, 0.1) is 18.2 Å². The normalized spacial score (nSPS) is 20.5. The number of piperazine rings is 1. The van der Waals surface area contributed by atoms with Crippen molar-refractivity contribution in [2.75, 3.05) is 24.5 Å². The maximum atomic E-state index is 8.71. The molecule has 1 saturated heterocycles. The van der Waals surface area contributed by atoms with Gasteiger partial charge in [-0.05, 0) is 28.1 Å². The molecule has 0 saturated carbocycles. The van der Waals surface area contributed by atoms with Crippen molar-refractivity contribution in [1.82, 2.24) is 5.32 Å². The van der Waals surface area contributed by atoms with E-state index in [0.29, 0.717) is 6.42 Å². The van der Waals surface area contributed by atoms with Crippen molar-refractivity contribution in [2.24, 2.45) is 0 Å². The highest BCUT2D eigenvalue weighted by atomic mass is 79.9. The Labute approximate surface area is 104 Å². The van der Waals surface area contributed by atoms with Crippen LogP contribution in [0.1, 0.15) is 6.42 Å². The maximum Gasteiger partial charge on any atom is 0.0638 e. The molecule has 1 fully saturated rings. The Morgan fingerprint density at radius 1 is 1.50 bits per heavy atom. The second-order valence-electron chi connectivity index (χ2n) is 3.91. The van der Waals surface area contributed by atoms with Gasteiger partial charge < -0.3 is 10.2 Å². The Balaban J connectivity index is 2.10. The van der Waals surface area contributed by atoms with E-state index in [9.17, 15) is 0 Å². The number of anilines is 1. The zero-order valence-electron chi connectivity index (χ0n) is 8.99. The highest BCUT2D eigenvalue weighted by Crippen LogP contribution is 2.26. The fourth-order valence-electron chi connectivity index (χ4n) is 2.00. The lowest BCUT2D eigenvalue weighted by atomic mass is 10.1. The Morgan fingerprint density at radius 2 is 2.31 bits per heavy atom. The molecule has 1 atom stereocenters. The van der Waals surface area contributed by atoms with Crippen molar-refractivity contribution < 1.29 is 0 Å². The quantitative estimate of drug-likeness (QED) is 0.902. The van der Waals surface area contributed by atoms with Crippen LogP contribution in [-0.4, -0.2) is 25.7 Å². The van der Waals surface area contributed by atoms with Gasteiger partial charge in [-0.25, -0.2) is 0 Å². The fraction of sp³-hybridized carbons (Fsp3) is 0.417. The second kappa shape index (κ2) is 5.33. The summed E-state index contributed by atoms with van der Waals surface area (Å²) in [6.07, 6.45) is 0.570. The predicted molar refractivity (Wildman–Crippen MR) is 68.4 cm³/mol. The van der Waals surface area contributed by atoms with Crippen molar-refractivity contribution in [3.05, 3.63) is 28.7 Å². The summed E-state index contributed by atoms with van der Waals surface area (Å²) in [5, 5.41) is 12.1. The van der Waals surface area contributed by atoms with E-state index in [4.69, 9.17) is 5.26 Å². The molecule has 0 radical (unpaired) electrons. The number of rotatable bonds is 2. The van der Waals surface area contributed by atoms with E-state index in [1.807, 2.05) is 12.1 Å². The summed E-state index contributed by atoms with van der Waals surface area (Å²) in [4.78, 5) is 2.32. The van der Waals surface area contributed by atoms with Gasteiger partial charge in [0.2, 0.25) is 0 Å². The van der Waals surface area contributed by atoms with E-state index in [2.05, 4.69) is 44.3 Å². The number of nitriles is 1. The fourth-order valence-corrected chi connectivity index (χ4v) is 2.53. The van der Waals surface area contributed by atoms with Crippen LogP contribution < -0.4 is 10.2 Å². The number of para-hydroxylation sites is 1. The first-order chi connectivity index (χ1) is 7.81. The average molecular weight is 280 g/mol. The molecule has 1 heterocycles. The highest BCUT2D eigenvalue weighted by Gasteiger charge is 2.20. The smallest absolute Gasteiger partial charge is 0.0638 e. The molecule has 16 heavy (non-hydrogen) atoms. The number of nitrogens with zero attached hydrogens (tertiary/aromatic N) is 2. The van der Waals surface area contributed by atoms with Gasteiger partial charge in [0.15, 0.2) is 0 Å². The van der Waals surface area contributed by atoms with Crippen molar-refractivity contribution in [1.29, 1.82) is 5.26 Å². The molecule has 0 aliphatic carbocycles. The Hall–Kier alpha value is -1.05. The number of nitrogens with one attached hydrogen (secondary N) is 1. The van der Waals surface area contributed by atoms with Gasteiger partial charge in [-0.15, -0.1) is 0 Å². The van der Waals surface area contributed by atoms with Crippen LogP contribution in [0.4, 0.5) is 5.69 Å². The molecule has 2 rings (SSSR count). The molecule has 84 valence electrons. The van der Waals surface area contributed by atoms with E-state index in [-0.39, 0.29) is 6.04 Å². The minimum absolute atomic E-state index is 0.283. The maximum absolute atomic E-state index is 8.71. The zero-order valence-corrected chi connectivity index (χ0v) is 10.6. The number of hydrogen-bond acceptors (Lipinski definition) is 3. The summed E-state index contributed by atoms with van der Waals surface area (Å²) in [6, 6.07) is 10.7. The average Bonchev–Trinajstić information content (AvgIpc) is 2.30. The summed E-state index contributed by atoms with van der Waals surface area (Å²) >= 11 is 3.56. The van der Waals surface area contributed by atoms with Crippen molar-refractivity contribution in [3.63, 3.8) is 0 Å². The van der Waals surface area contributed by atoms with Crippen LogP contribution in [0.5, 0.6) is 0 Å². The van der Waals surface area contributed by atoms with Crippen LogP contribution in [0, 0.1) is 11.3 Å². The molecule has 1 aromatic rings. The first kappa shape index (κ1) is 11.4. The summed E-state index contributed by atoms with van der Waals surface area (Å²) < 4.78 is 1.12. The van der Waals surface area contributed by atoms with Crippen LogP contribution in [0.2, 0.25) is 0 Å². The molecule has 0 spiro atoms. The van der Waals surface area contributed by atoms with E-state index in [1.54, 1.807) is 0 Å². The summed E-state index contributed by atoms with van der Waals surface area (Å²) in [7, 11) is 0. The molecule has 3 nitrogen and oxygen atoms in total. The van der Waals surface area contributed by atoms with E-state index in [1.165, 1.54) is 5.69 Å². The molecular weight excluding hydrogens is 266 g/mol. The van der Waals surface area contributed by atoms with Gasteiger partial charge in [-0.1, -0.05) is 12.1 Å². The summed E-state index contributed by atoms with van der Waals surface area (Å²) in [5.74, 6) is 0. The van der Waals surface area contributed by atoms with E-state index >= 15 is 0 Å². The lowest BCUT2D eigenvalue weighted by Crippen LogP contribution is -2.50. The van der Waals surface area contributed by atoms with Gasteiger partial charge in [-0.2, -0.15) is 5.26 Å². The number of halogens is 1. The molecule has 1 unspecified atom stereocenters. The molecule has 1 N–H and O–H groups in total. The van der Waals surface area contributed by atoms with Crippen LogP contribution in [0.25, 0.3) is 0 Å². The lowest BCUT2D eigenvalue weighted by molar-refractivity contribution is 0.462. The van der Waals surface area contributed by atoms with Crippen molar-refractivity contribution >= 4 is 21.6 Å². The molecule has 0 amide bonds. The SMILES string of the molecule is N#CCC1CN(c2ccccc2Br)CCN1. The Morgan fingerprint density at radius 3 is 3.06 bits per heavy atom. The van der Waals surface area contributed by atoms with Gasteiger partial charge in [0.1, 0.15) is 0 Å². The minimum atomic E-state index is 0.283. The minimum Gasteiger partial charge on any atom is -0.368 e. The molecule has 1 aliphatic rings. The van der Waals surface area contributed by atoms with Crippen LogP contribution in [-0.2, 0) is 0 Å². The third-order valence-electron chi connectivity index (χ3n) is 2.79. The molecular formula is C12H14BrN3. The molecule has 1 aliphatic heterocycles. The van der Waals surface area contributed by atoms with Crippen LogP contribution >= 0.6 is 15.9 Å². The largest absolute Gasteiger partial charge is 0.368 e. The Kier molecular flexibility index (Phi) is 3.81. The van der Waals surface area contributed by atoms with Gasteiger partial charge in [0, 0.05) is 30.1 Å². The topological polar surface area (TPSA) is 39.1 Å².